The zero-order valence-corrected chi connectivity index (χ0v) is 34.5. The van der Waals surface area contributed by atoms with Gasteiger partial charge in [-0.1, -0.05) is 39.3 Å². The molecule has 1 saturated carbocycles. The first kappa shape index (κ1) is 40.2. The number of fused-ring (bicyclic) bond motifs is 1. The van der Waals surface area contributed by atoms with Gasteiger partial charge in [0.1, 0.15) is 24.0 Å². The molecule has 4 fully saturated rings. The first-order chi connectivity index (χ1) is 28.2. The fourth-order valence-electron chi connectivity index (χ4n) is 9.77. The molecule has 59 heavy (non-hydrogen) atoms. The van der Waals surface area contributed by atoms with Crippen molar-refractivity contribution in [1.29, 1.82) is 5.26 Å². The van der Waals surface area contributed by atoms with E-state index in [-0.39, 0.29) is 53.2 Å². The fraction of sp³-hybridized carbons (Fsp3) is 0.488. The molecule has 0 spiro atoms. The number of carbonyl (C=O) groups excluding carboxylic acids is 3. The third-order valence-corrected chi connectivity index (χ3v) is 13.1. The lowest BCUT2D eigenvalue weighted by atomic mass is 9.49. The molecule has 2 aromatic carbocycles. The van der Waals surface area contributed by atoms with Crippen LogP contribution in [-0.4, -0.2) is 100 Å². The number of nitrogens with zero attached hydrogens (tertiary/aromatic N) is 8. The number of benzene rings is 2. The molecule has 1 atom stereocenters. The summed E-state index contributed by atoms with van der Waals surface area (Å²) in [6, 6.07) is 11.9. The number of anilines is 2. The van der Waals surface area contributed by atoms with Gasteiger partial charge in [0.25, 0.3) is 17.4 Å². The van der Waals surface area contributed by atoms with E-state index in [1.54, 1.807) is 36.8 Å². The maximum atomic E-state index is 13.4. The Bertz CT molecular complexity index is 2360. The van der Waals surface area contributed by atoms with Crippen LogP contribution in [0.25, 0.3) is 10.8 Å². The van der Waals surface area contributed by atoms with Crippen molar-refractivity contribution in [3.05, 3.63) is 81.5 Å². The summed E-state index contributed by atoms with van der Waals surface area (Å²) in [6.07, 6.45) is 7.14. The number of rotatable bonds is 9. The molecule has 3 aliphatic heterocycles. The molecule has 0 bridgehead atoms. The summed E-state index contributed by atoms with van der Waals surface area (Å²) < 4.78 is 7.56. The molecule has 0 unspecified atom stereocenters. The molecule has 4 aromatic rings. The van der Waals surface area contributed by atoms with E-state index in [1.165, 1.54) is 4.68 Å². The lowest BCUT2D eigenvalue weighted by molar-refractivity contribution is -0.164. The lowest BCUT2D eigenvalue weighted by Crippen LogP contribution is -2.74. The van der Waals surface area contributed by atoms with Crippen molar-refractivity contribution in [3.8, 4) is 11.8 Å². The predicted molar refractivity (Wildman–Crippen MR) is 222 cm³/mol. The van der Waals surface area contributed by atoms with Gasteiger partial charge in [0, 0.05) is 98.6 Å². The Hall–Kier alpha value is -5.59. The van der Waals surface area contributed by atoms with Gasteiger partial charge in [-0.25, -0.2) is 14.6 Å². The van der Waals surface area contributed by atoms with E-state index in [2.05, 4.69) is 74.2 Å². The number of ether oxygens (including phenoxy) is 1. The maximum absolute atomic E-state index is 13.4. The third-order valence-electron chi connectivity index (χ3n) is 12.8. The fourth-order valence-corrected chi connectivity index (χ4v) is 9.98. The van der Waals surface area contributed by atoms with E-state index in [4.69, 9.17) is 16.3 Å². The van der Waals surface area contributed by atoms with Crippen LogP contribution in [0.5, 0.6) is 5.75 Å². The van der Waals surface area contributed by atoms with E-state index in [1.807, 2.05) is 18.2 Å². The summed E-state index contributed by atoms with van der Waals surface area (Å²) >= 11 is 6.24. The second kappa shape index (κ2) is 15.9. The molecule has 8 rings (SSSR count). The van der Waals surface area contributed by atoms with Crippen molar-refractivity contribution >= 4 is 51.7 Å². The smallest absolute Gasteiger partial charge is 0.275 e. The molecular weight excluding hydrogens is 772 g/mol. The van der Waals surface area contributed by atoms with Crippen LogP contribution in [0.4, 0.5) is 11.6 Å². The maximum Gasteiger partial charge on any atom is 0.275 e. The van der Waals surface area contributed by atoms with Gasteiger partial charge in [-0.2, -0.15) is 10.4 Å². The molecule has 5 heterocycles. The molecule has 15 nitrogen and oxygen atoms in total. The van der Waals surface area contributed by atoms with Gasteiger partial charge in [-0.15, -0.1) is 0 Å². The Morgan fingerprint density at radius 3 is 2.31 bits per heavy atom. The highest BCUT2D eigenvalue weighted by Crippen LogP contribution is 2.55. The number of piperazine rings is 1. The SMILES string of the molecule is CC1(C)C(NC(=O)c2cnc(N3CCC(CN4CCN(c5ccc6c(=O)n([C@@H]7CCC(=O)NC7=O)ncc6c5)CC4)CC3)nc2)C(C)(C)C1Oc1ccc(C#N)c(Cl)c1. The Kier molecular flexibility index (Phi) is 10.8. The van der Waals surface area contributed by atoms with E-state index in [0.29, 0.717) is 39.2 Å². The summed E-state index contributed by atoms with van der Waals surface area (Å²) in [5.41, 5.74) is 0.736. The van der Waals surface area contributed by atoms with Crippen molar-refractivity contribution in [2.45, 2.75) is 71.6 Å². The second-order valence-corrected chi connectivity index (χ2v) is 17.8. The summed E-state index contributed by atoms with van der Waals surface area (Å²) in [6.45, 7) is 14.6. The number of hydrogen-bond acceptors (Lipinski definition) is 12. The number of aromatic nitrogens is 4. The Morgan fingerprint density at radius 1 is 0.932 bits per heavy atom. The van der Waals surface area contributed by atoms with Crippen LogP contribution in [0.15, 0.2) is 59.8 Å². The van der Waals surface area contributed by atoms with E-state index in [9.17, 15) is 24.4 Å². The predicted octanol–water partition coefficient (Wildman–Crippen LogP) is 4.34. The number of nitrogens with one attached hydrogen (secondary N) is 2. The quantitative estimate of drug-likeness (QED) is 0.229. The monoisotopic (exact) mass is 820 g/mol. The summed E-state index contributed by atoms with van der Waals surface area (Å²) in [7, 11) is 0. The number of nitriles is 1. The molecule has 308 valence electrons. The first-order valence-corrected chi connectivity index (χ1v) is 20.7. The normalized spacial score (nSPS) is 23.3. The van der Waals surface area contributed by atoms with E-state index < -0.39 is 11.9 Å². The molecule has 2 N–H and O–H groups in total. The zero-order chi connectivity index (χ0) is 41.6. The summed E-state index contributed by atoms with van der Waals surface area (Å²) in [5, 5.41) is 20.6. The van der Waals surface area contributed by atoms with Gasteiger partial charge in [0.05, 0.1) is 27.7 Å². The van der Waals surface area contributed by atoms with Gasteiger partial charge < -0.3 is 19.9 Å². The van der Waals surface area contributed by atoms with Gasteiger partial charge >= 0.3 is 0 Å². The molecule has 0 radical (unpaired) electrons. The summed E-state index contributed by atoms with van der Waals surface area (Å²) in [5.74, 6) is 0.733. The minimum atomic E-state index is -0.787. The highest BCUT2D eigenvalue weighted by atomic mass is 35.5. The van der Waals surface area contributed by atoms with Gasteiger partial charge in [-0.05, 0) is 55.5 Å². The minimum Gasteiger partial charge on any atom is -0.489 e. The molecule has 1 aliphatic carbocycles. The topological polar surface area (TPSA) is 179 Å². The van der Waals surface area contributed by atoms with Gasteiger partial charge in [0.15, 0.2) is 0 Å². The molecule has 2 aromatic heterocycles. The van der Waals surface area contributed by atoms with Crippen LogP contribution in [0.3, 0.4) is 0 Å². The van der Waals surface area contributed by atoms with Crippen molar-refractivity contribution in [2.75, 3.05) is 55.6 Å². The van der Waals surface area contributed by atoms with Crippen LogP contribution in [-0.2, 0) is 9.59 Å². The van der Waals surface area contributed by atoms with Gasteiger partial charge in [0.2, 0.25) is 11.9 Å². The molecule has 3 saturated heterocycles. The average Bonchev–Trinajstić information content (AvgIpc) is 3.22. The second-order valence-electron chi connectivity index (χ2n) is 17.4. The van der Waals surface area contributed by atoms with Crippen molar-refractivity contribution in [1.82, 2.24) is 35.3 Å². The third kappa shape index (κ3) is 7.83. The Morgan fingerprint density at radius 2 is 1.64 bits per heavy atom. The van der Waals surface area contributed by atoms with Crippen LogP contribution >= 0.6 is 11.6 Å². The summed E-state index contributed by atoms with van der Waals surface area (Å²) in [4.78, 5) is 66.9. The van der Waals surface area contributed by atoms with E-state index in [0.717, 1.165) is 69.7 Å². The molecule has 4 aliphatic rings. The average molecular weight is 821 g/mol. The highest BCUT2D eigenvalue weighted by Gasteiger charge is 2.64. The number of halogens is 1. The largest absolute Gasteiger partial charge is 0.489 e. The number of imide groups is 1. The van der Waals surface area contributed by atoms with Crippen LogP contribution in [0.2, 0.25) is 5.02 Å². The number of amides is 3. The van der Waals surface area contributed by atoms with Crippen LogP contribution in [0, 0.1) is 28.1 Å². The molecule has 16 heteroatoms. The van der Waals surface area contributed by atoms with Gasteiger partial charge in [-0.3, -0.25) is 29.4 Å². The highest BCUT2D eigenvalue weighted by molar-refractivity contribution is 6.31. The Labute approximate surface area is 347 Å². The molecule has 3 amide bonds. The van der Waals surface area contributed by atoms with E-state index >= 15 is 0 Å². The number of hydrogen-bond donors (Lipinski definition) is 2. The number of carbonyl (C=O) groups is 3. The van der Waals surface area contributed by atoms with Crippen molar-refractivity contribution < 1.29 is 19.1 Å². The van der Waals surface area contributed by atoms with Crippen LogP contribution in [0.1, 0.15) is 75.3 Å². The standard InChI is InChI=1S/C43H49ClN10O5/c1-42(2)39(43(3,4)40(42)59-31-7-5-27(21-45)33(44)20-31)50-36(56)29-22-46-41(47-23-29)53-13-11-26(12-14-53)25-51-15-17-52(18-16-51)30-6-8-32-28(19-30)24-48-54(38(32)58)34-9-10-35(55)49-37(34)57/h5-8,19-20,22-24,26,34,39-40H,9-18,25H2,1-4H3,(H,50,56)(H,49,55,57)/t34-,39?,40?/m1/s1. The zero-order valence-electron chi connectivity index (χ0n) is 33.8. The van der Waals surface area contributed by atoms with Crippen molar-refractivity contribution in [3.63, 3.8) is 0 Å². The first-order valence-electron chi connectivity index (χ1n) is 20.3. The lowest BCUT2D eigenvalue weighted by Gasteiger charge is -2.63. The Balaban J connectivity index is 0.792. The van der Waals surface area contributed by atoms with Crippen LogP contribution < -0.4 is 30.7 Å². The number of piperidine rings is 2. The molecular formula is C43H49ClN10O5. The minimum absolute atomic E-state index is 0.171. The van der Waals surface area contributed by atoms with Crippen molar-refractivity contribution in [2.24, 2.45) is 16.7 Å².